The minimum absolute atomic E-state index is 0.0738. The molecule has 6 nitrogen and oxygen atoms in total. The van der Waals surface area contributed by atoms with Gasteiger partial charge in [0.2, 0.25) is 0 Å². The van der Waals surface area contributed by atoms with Gasteiger partial charge in [0.15, 0.2) is 23.2 Å². The Morgan fingerprint density at radius 3 is 2.61 bits per heavy atom. The Hall–Kier alpha value is -3.06. The van der Waals surface area contributed by atoms with Crippen LogP contribution in [0.25, 0.3) is 11.3 Å². The van der Waals surface area contributed by atoms with Crippen LogP contribution < -0.4 is 19.5 Å². The number of nitrogens with one attached hydrogen (secondary N) is 1. The summed E-state index contributed by atoms with van der Waals surface area (Å²) in [4.78, 5) is 16.7. The largest absolute Gasteiger partial charge is 0.493 e. The third kappa shape index (κ3) is 4.43. The van der Waals surface area contributed by atoms with Gasteiger partial charge in [0, 0.05) is 10.9 Å². The van der Waals surface area contributed by atoms with Gasteiger partial charge >= 0.3 is 0 Å². The summed E-state index contributed by atoms with van der Waals surface area (Å²) in [5, 5.41) is 5.17. The molecule has 146 valence electrons. The number of carbonyl (C=O) groups excluding carboxylic acids is 1. The molecule has 2 aromatic carbocycles. The van der Waals surface area contributed by atoms with E-state index >= 15 is 0 Å². The van der Waals surface area contributed by atoms with Crippen LogP contribution in [-0.2, 0) is 4.79 Å². The van der Waals surface area contributed by atoms with Gasteiger partial charge in [-0.15, -0.1) is 11.3 Å². The summed E-state index contributed by atoms with van der Waals surface area (Å²) in [5.41, 5.74) is 3.77. The fourth-order valence-corrected chi connectivity index (χ4v) is 3.37. The van der Waals surface area contributed by atoms with Crippen LogP contribution in [-0.4, -0.2) is 31.7 Å². The molecular formula is C21H22N2O4S. The quantitative estimate of drug-likeness (QED) is 0.636. The van der Waals surface area contributed by atoms with Crippen LogP contribution in [0, 0.1) is 13.8 Å². The zero-order chi connectivity index (χ0) is 20.1. The van der Waals surface area contributed by atoms with E-state index in [1.807, 2.05) is 55.6 Å². The average Bonchev–Trinajstić information content (AvgIpc) is 3.17. The molecule has 1 amide bonds. The molecule has 1 heterocycles. The molecule has 3 aromatic rings. The fraction of sp³-hybridized carbons (Fsp3) is 0.238. The molecule has 0 saturated heterocycles. The van der Waals surface area contributed by atoms with Crippen molar-refractivity contribution in [3.8, 4) is 28.5 Å². The molecule has 0 saturated carbocycles. The third-order valence-electron chi connectivity index (χ3n) is 4.34. The monoisotopic (exact) mass is 398 g/mol. The van der Waals surface area contributed by atoms with Gasteiger partial charge in [0.05, 0.1) is 19.9 Å². The van der Waals surface area contributed by atoms with Crippen molar-refractivity contribution in [2.24, 2.45) is 0 Å². The van der Waals surface area contributed by atoms with E-state index in [1.54, 1.807) is 14.2 Å². The number of aryl methyl sites for hydroxylation is 1. The molecule has 0 atom stereocenters. The van der Waals surface area contributed by atoms with Crippen molar-refractivity contribution in [3.05, 3.63) is 52.9 Å². The number of hydrogen-bond donors (Lipinski definition) is 1. The highest BCUT2D eigenvalue weighted by molar-refractivity contribution is 7.14. The van der Waals surface area contributed by atoms with E-state index in [2.05, 4.69) is 10.3 Å². The first-order valence-corrected chi connectivity index (χ1v) is 9.56. The molecule has 0 aliphatic carbocycles. The number of anilines is 1. The van der Waals surface area contributed by atoms with E-state index < -0.39 is 0 Å². The smallest absolute Gasteiger partial charge is 0.264 e. The van der Waals surface area contributed by atoms with Crippen molar-refractivity contribution in [2.45, 2.75) is 13.8 Å². The van der Waals surface area contributed by atoms with E-state index in [-0.39, 0.29) is 12.5 Å². The van der Waals surface area contributed by atoms with E-state index in [0.29, 0.717) is 22.4 Å². The number of thiazole rings is 1. The number of benzene rings is 2. The summed E-state index contributed by atoms with van der Waals surface area (Å²) in [7, 11) is 3.18. The molecule has 1 N–H and O–H groups in total. The lowest BCUT2D eigenvalue weighted by Gasteiger charge is -2.10. The molecule has 0 aliphatic heterocycles. The number of carbonyl (C=O) groups is 1. The van der Waals surface area contributed by atoms with E-state index in [4.69, 9.17) is 14.2 Å². The average molecular weight is 398 g/mol. The molecule has 0 bridgehead atoms. The van der Waals surface area contributed by atoms with Gasteiger partial charge in [-0.3, -0.25) is 10.1 Å². The first kappa shape index (κ1) is 19.7. The van der Waals surface area contributed by atoms with E-state index in [9.17, 15) is 4.79 Å². The second-order valence-corrected chi connectivity index (χ2v) is 7.00. The Morgan fingerprint density at radius 1 is 1.07 bits per heavy atom. The predicted molar refractivity (Wildman–Crippen MR) is 111 cm³/mol. The van der Waals surface area contributed by atoms with Crippen molar-refractivity contribution >= 4 is 22.4 Å². The molecule has 0 radical (unpaired) electrons. The summed E-state index contributed by atoms with van der Waals surface area (Å²) in [6.45, 7) is 3.90. The first-order chi connectivity index (χ1) is 13.5. The maximum atomic E-state index is 12.2. The van der Waals surface area contributed by atoms with Gasteiger partial charge in [-0.25, -0.2) is 4.98 Å². The number of methoxy groups -OCH3 is 2. The second-order valence-electron chi connectivity index (χ2n) is 6.14. The topological polar surface area (TPSA) is 69.7 Å². The first-order valence-electron chi connectivity index (χ1n) is 8.68. The summed E-state index contributed by atoms with van der Waals surface area (Å²) in [6, 6.07) is 11.3. The minimum Gasteiger partial charge on any atom is -0.493 e. The lowest BCUT2D eigenvalue weighted by atomic mass is 10.1. The highest BCUT2D eigenvalue weighted by Crippen LogP contribution is 2.33. The van der Waals surface area contributed by atoms with Gasteiger partial charge in [-0.1, -0.05) is 12.1 Å². The Bertz CT molecular complexity index is 984. The molecule has 28 heavy (non-hydrogen) atoms. The maximum Gasteiger partial charge on any atom is 0.264 e. The molecule has 1 aromatic heterocycles. The van der Waals surface area contributed by atoms with Gasteiger partial charge < -0.3 is 14.2 Å². The van der Waals surface area contributed by atoms with Crippen LogP contribution in [0.15, 0.2) is 41.8 Å². The number of rotatable bonds is 7. The zero-order valence-corrected chi connectivity index (χ0v) is 17.1. The SMILES string of the molecule is COc1ccc(-c2csc(NC(=O)COc3cccc(C)c3C)n2)cc1OC. The standard InChI is InChI=1S/C21H22N2O4S/c1-13-6-5-7-17(14(13)2)27-11-20(24)23-21-22-16(12-28-21)15-8-9-18(25-3)19(10-15)26-4/h5-10,12H,11H2,1-4H3,(H,22,23,24). The van der Waals surface area contributed by atoms with Crippen molar-refractivity contribution in [2.75, 3.05) is 26.1 Å². The number of nitrogens with zero attached hydrogens (tertiary/aromatic N) is 1. The van der Waals surface area contributed by atoms with Crippen molar-refractivity contribution < 1.29 is 19.0 Å². The highest BCUT2D eigenvalue weighted by atomic mass is 32.1. The number of amides is 1. The van der Waals surface area contributed by atoms with Crippen LogP contribution >= 0.6 is 11.3 Å². The summed E-state index contributed by atoms with van der Waals surface area (Å²) >= 11 is 1.35. The van der Waals surface area contributed by atoms with Gasteiger partial charge in [-0.05, 0) is 49.2 Å². The lowest BCUT2D eigenvalue weighted by molar-refractivity contribution is -0.118. The van der Waals surface area contributed by atoms with Gasteiger partial charge in [0.25, 0.3) is 5.91 Å². The molecule has 7 heteroatoms. The zero-order valence-electron chi connectivity index (χ0n) is 16.2. The van der Waals surface area contributed by atoms with Crippen LogP contribution in [0.2, 0.25) is 0 Å². The van der Waals surface area contributed by atoms with Gasteiger partial charge in [-0.2, -0.15) is 0 Å². The minimum atomic E-state index is -0.255. The fourth-order valence-electron chi connectivity index (χ4n) is 2.64. The molecule has 0 unspecified atom stereocenters. The van der Waals surface area contributed by atoms with Crippen molar-refractivity contribution in [1.29, 1.82) is 0 Å². The second kappa shape index (κ2) is 8.75. The Kier molecular flexibility index (Phi) is 6.16. The summed E-state index contributed by atoms with van der Waals surface area (Å²) in [6.07, 6.45) is 0. The number of hydrogen-bond acceptors (Lipinski definition) is 6. The van der Waals surface area contributed by atoms with Crippen LogP contribution in [0.1, 0.15) is 11.1 Å². The Labute approximate surface area is 168 Å². The highest BCUT2D eigenvalue weighted by Gasteiger charge is 2.12. The van der Waals surface area contributed by atoms with Crippen molar-refractivity contribution in [3.63, 3.8) is 0 Å². The number of aromatic nitrogens is 1. The van der Waals surface area contributed by atoms with E-state index in [0.717, 1.165) is 22.4 Å². The third-order valence-corrected chi connectivity index (χ3v) is 5.10. The van der Waals surface area contributed by atoms with Crippen molar-refractivity contribution in [1.82, 2.24) is 4.98 Å². The lowest BCUT2D eigenvalue weighted by Crippen LogP contribution is -2.20. The summed E-state index contributed by atoms with van der Waals surface area (Å²) < 4.78 is 16.2. The predicted octanol–water partition coefficient (Wildman–Crippen LogP) is 4.46. The summed E-state index contributed by atoms with van der Waals surface area (Å²) in [5.74, 6) is 1.73. The van der Waals surface area contributed by atoms with Crippen LogP contribution in [0.4, 0.5) is 5.13 Å². The Balaban J connectivity index is 1.64. The van der Waals surface area contributed by atoms with E-state index in [1.165, 1.54) is 11.3 Å². The van der Waals surface area contributed by atoms with Crippen LogP contribution in [0.3, 0.4) is 0 Å². The molecule has 0 aliphatic rings. The molecule has 3 rings (SSSR count). The normalized spacial score (nSPS) is 10.4. The van der Waals surface area contributed by atoms with Crippen LogP contribution in [0.5, 0.6) is 17.2 Å². The van der Waals surface area contributed by atoms with Gasteiger partial charge in [0.1, 0.15) is 5.75 Å². The maximum absolute atomic E-state index is 12.2. The molecule has 0 fully saturated rings. The molecular weight excluding hydrogens is 376 g/mol. The number of ether oxygens (including phenoxy) is 3. The molecule has 0 spiro atoms. The Morgan fingerprint density at radius 2 is 1.86 bits per heavy atom.